The van der Waals surface area contributed by atoms with Crippen LogP contribution in [0.15, 0.2) is 18.6 Å². The molecule has 0 amide bonds. The van der Waals surface area contributed by atoms with E-state index in [-0.39, 0.29) is 0 Å². The predicted octanol–water partition coefficient (Wildman–Crippen LogP) is 1.01. The van der Waals surface area contributed by atoms with Crippen molar-refractivity contribution in [3.05, 3.63) is 18.6 Å². The fourth-order valence-electron chi connectivity index (χ4n) is 2.08. The Morgan fingerprint density at radius 1 is 1.33 bits per heavy atom. The minimum atomic E-state index is 0.725. The SMILES string of the molecule is CN(C)C1CCN(c2ccncn2)CC1. The molecule has 4 nitrogen and oxygen atoms in total. The second-order valence-corrected chi connectivity index (χ2v) is 4.25. The molecule has 1 aromatic rings. The van der Waals surface area contributed by atoms with Gasteiger partial charge >= 0.3 is 0 Å². The Bertz CT molecular complexity index is 291. The first-order chi connectivity index (χ1) is 7.27. The average Bonchev–Trinajstić information content (AvgIpc) is 2.30. The molecule has 2 heterocycles. The highest BCUT2D eigenvalue weighted by Crippen LogP contribution is 2.18. The zero-order valence-electron chi connectivity index (χ0n) is 9.43. The van der Waals surface area contributed by atoms with Crippen molar-refractivity contribution in [3.8, 4) is 0 Å². The van der Waals surface area contributed by atoms with E-state index in [1.165, 1.54) is 12.8 Å². The van der Waals surface area contributed by atoms with Gasteiger partial charge in [0.2, 0.25) is 0 Å². The Morgan fingerprint density at radius 2 is 2.07 bits per heavy atom. The van der Waals surface area contributed by atoms with Crippen LogP contribution in [0.4, 0.5) is 5.82 Å². The van der Waals surface area contributed by atoms with E-state index in [4.69, 9.17) is 0 Å². The molecule has 0 radical (unpaired) electrons. The molecule has 82 valence electrons. The number of aromatic nitrogens is 2. The molecule has 0 aliphatic carbocycles. The highest BCUT2D eigenvalue weighted by atomic mass is 15.2. The van der Waals surface area contributed by atoms with E-state index in [1.54, 1.807) is 12.5 Å². The van der Waals surface area contributed by atoms with Gasteiger partial charge < -0.3 is 9.80 Å². The minimum Gasteiger partial charge on any atom is -0.356 e. The molecular weight excluding hydrogens is 188 g/mol. The minimum absolute atomic E-state index is 0.725. The van der Waals surface area contributed by atoms with Crippen LogP contribution in [0.3, 0.4) is 0 Å². The third-order valence-electron chi connectivity index (χ3n) is 3.09. The number of anilines is 1. The van der Waals surface area contributed by atoms with Gasteiger partial charge in [-0.05, 0) is 33.0 Å². The number of hydrogen-bond donors (Lipinski definition) is 0. The van der Waals surface area contributed by atoms with Crippen molar-refractivity contribution in [1.29, 1.82) is 0 Å². The number of rotatable bonds is 2. The summed E-state index contributed by atoms with van der Waals surface area (Å²) in [6.45, 7) is 2.19. The maximum atomic E-state index is 4.27. The van der Waals surface area contributed by atoms with E-state index in [0.717, 1.165) is 24.9 Å². The third-order valence-corrected chi connectivity index (χ3v) is 3.09. The monoisotopic (exact) mass is 206 g/mol. The molecule has 0 bridgehead atoms. The van der Waals surface area contributed by atoms with Crippen LogP contribution in [0.25, 0.3) is 0 Å². The van der Waals surface area contributed by atoms with Crippen LogP contribution in [0.5, 0.6) is 0 Å². The molecule has 0 saturated carbocycles. The van der Waals surface area contributed by atoms with Crippen LogP contribution in [0.1, 0.15) is 12.8 Å². The molecule has 0 spiro atoms. The molecule has 0 aromatic carbocycles. The van der Waals surface area contributed by atoms with E-state index in [2.05, 4.69) is 33.9 Å². The largest absolute Gasteiger partial charge is 0.356 e. The lowest BCUT2D eigenvalue weighted by molar-refractivity contribution is 0.249. The van der Waals surface area contributed by atoms with Crippen LogP contribution < -0.4 is 4.90 Å². The summed E-state index contributed by atoms with van der Waals surface area (Å²) in [7, 11) is 4.32. The molecule has 1 saturated heterocycles. The maximum absolute atomic E-state index is 4.27. The van der Waals surface area contributed by atoms with E-state index in [9.17, 15) is 0 Å². The van der Waals surface area contributed by atoms with Gasteiger partial charge in [0.25, 0.3) is 0 Å². The molecular formula is C11H18N4. The molecule has 1 aliphatic heterocycles. The summed E-state index contributed by atoms with van der Waals surface area (Å²) in [6, 6.07) is 2.71. The van der Waals surface area contributed by atoms with Gasteiger partial charge in [-0.1, -0.05) is 0 Å². The van der Waals surface area contributed by atoms with Gasteiger partial charge in [-0.3, -0.25) is 0 Å². The standard InChI is InChI=1S/C11H18N4/c1-14(2)10-4-7-15(8-5-10)11-3-6-12-9-13-11/h3,6,9-10H,4-5,7-8H2,1-2H3. The van der Waals surface area contributed by atoms with Crippen molar-refractivity contribution < 1.29 is 0 Å². The summed E-state index contributed by atoms with van der Waals surface area (Å²) >= 11 is 0. The summed E-state index contributed by atoms with van der Waals surface area (Å²) in [5.41, 5.74) is 0. The Balaban J connectivity index is 1.94. The average molecular weight is 206 g/mol. The first kappa shape index (κ1) is 10.4. The fourth-order valence-corrected chi connectivity index (χ4v) is 2.08. The van der Waals surface area contributed by atoms with Crippen molar-refractivity contribution in [1.82, 2.24) is 14.9 Å². The summed E-state index contributed by atoms with van der Waals surface area (Å²) in [5, 5.41) is 0. The van der Waals surface area contributed by atoms with Gasteiger partial charge in [0.15, 0.2) is 0 Å². The first-order valence-electron chi connectivity index (χ1n) is 5.45. The molecule has 1 aromatic heterocycles. The molecule has 15 heavy (non-hydrogen) atoms. The second kappa shape index (κ2) is 4.57. The lowest BCUT2D eigenvalue weighted by atomic mass is 10.0. The highest BCUT2D eigenvalue weighted by molar-refractivity contribution is 5.36. The zero-order chi connectivity index (χ0) is 10.7. The highest BCUT2D eigenvalue weighted by Gasteiger charge is 2.20. The quantitative estimate of drug-likeness (QED) is 0.723. The van der Waals surface area contributed by atoms with Crippen LogP contribution >= 0.6 is 0 Å². The van der Waals surface area contributed by atoms with E-state index < -0.39 is 0 Å². The fraction of sp³-hybridized carbons (Fsp3) is 0.636. The van der Waals surface area contributed by atoms with Crippen LogP contribution in [-0.4, -0.2) is 48.1 Å². The molecule has 4 heteroatoms. The van der Waals surface area contributed by atoms with Crippen LogP contribution in [-0.2, 0) is 0 Å². The molecule has 0 unspecified atom stereocenters. The van der Waals surface area contributed by atoms with Gasteiger partial charge in [-0.2, -0.15) is 0 Å². The maximum Gasteiger partial charge on any atom is 0.131 e. The van der Waals surface area contributed by atoms with Gasteiger partial charge in [-0.25, -0.2) is 9.97 Å². The number of piperidine rings is 1. The van der Waals surface area contributed by atoms with Crippen LogP contribution in [0.2, 0.25) is 0 Å². The van der Waals surface area contributed by atoms with Crippen molar-refractivity contribution in [2.24, 2.45) is 0 Å². The Kier molecular flexibility index (Phi) is 3.16. The van der Waals surface area contributed by atoms with Crippen molar-refractivity contribution >= 4 is 5.82 Å². The number of hydrogen-bond acceptors (Lipinski definition) is 4. The van der Waals surface area contributed by atoms with E-state index in [0.29, 0.717) is 0 Å². The van der Waals surface area contributed by atoms with Crippen molar-refractivity contribution in [3.63, 3.8) is 0 Å². The Labute approximate surface area is 90.9 Å². The smallest absolute Gasteiger partial charge is 0.131 e. The van der Waals surface area contributed by atoms with Crippen LogP contribution in [0, 0.1) is 0 Å². The lowest BCUT2D eigenvalue weighted by Gasteiger charge is -2.35. The first-order valence-corrected chi connectivity index (χ1v) is 5.45. The van der Waals surface area contributed by atoms with Gasteiger partial charge in [0.1, 0.15) is 12.1 Å². The van der Waals surface area contributed by atoms with E-state index in [1.807, 2.05) is 6.07 Å². The normalized spacial score (nSPS) is 18.5. The van der Waals surface area contributed by atoms with Crippen molar-refractivity contribution in [2.45, 2.75) is 18.9 Å². The summed E-state index contributed by atoms with van der Waals surface area (Å²) in [4.78, 5) is 12.9. The zero-order valence-corrected chi connectivity index (χ0v) is 9.43. The molecule has 1 fully saturated rings. The summed E-state index contributed by atoms with van der Waals surface area (Å²) in [5.74, 6) is 1.06. The summed E-state index contributed by atoms with van der Waals surface area (Å²) < 4.78 is 0. The van der Waals surface area contributed by atoms with E-state index >= 15 is 0 Å². The van der Waals surface area contributed by atoms with Gasteiger partial charge in [0.05, 0.1) is 0 Å². The number of nitrogens with zero attached hydrogens (tertiary/aromatic N) is 4. The van der Waals surface area contributed by atoms with Gasteiger partial charge in [-0.15, -0.1) is 0 Å². The topological polar surface area (TPSA) is 32.3 Å². The summed E-state index contributed by atoms with van der Waals surface area (Å²) in [6.07, 6.45) is 5.86. The predicted molar refractivity (Wildman–Crippen MR) is 61.0 cm³/mol. The lowest BCUT2D eigenvalue weighted by Crippen LogP contribution is -2.42. The van der Waals surface area contributed by atoms with Crippen molar-refractivity contribution in [2.75, 3.05) is 32.1 Å². The second-order valence-electron chi connectivity index (χ2n) is 4.25. The molecule has 2 rings (SSSR count). The molecule has 1 aliphatic rings. The molecule has 0 N–H and O–H groups in total. The Morgan fingerprint density at radius 3 is 2.60 bits per heavy atom. The Hall–Kier alpha value is -1.16. The van der Waals surface area contributed by atoms with Gasteiger partial charge in [0, 0.05) is 25.3 Å². The third kappa shape index (κ3) is 2.45. The molecule has 0 atom stereocenters.